The lowest BCUT2D eigenvalue weighted by atomic mass is 9.95. The Morgan fingerprint density at radius 2 is 2.06 bits per heavy atom. The molecule has 0 saturated heterocycles. The van der Waals surface area contributed by atoms with Crippen molar-refractivity contribution in [1.29, 1.82) is 0 Å². The topological polar surface area (TPSA) is 78.3 Å². The third-order valence-electron chi connectivity index (χ3n) is 6.14. The van der Waals surface area contributed by atoms with Crippen molar-refractivity contribution in [2.75, 3.05) is 6.79 Å². The van der Waals surface area contributed by atoms with E-state index in [1.54, 1.807) is 11.3 Å². The lowest BCUT2D eigenvalue weighted by molar-refractivity contribution is -0.120. The van der Waals surface area contributed by atoms with E-state index in [1.807, 2.05) is 25.1 Å². The molecule has 0 unspecified atom stereocenters. The Morgan fingerprint density at radius 1 is 1.21 bits per heavy atom. The van der Waals surface area contributed by atoms with Gasteiger partial charge in [-0.25, -0.2) is 0 Å². The molecule has 3 heterocycles. The summed E-state index contributed by atoms with van der Waals surface area (Å²) >= 11 is 3.24. The fourth-order valence-corrected chi connectivity index (χ4v) is 6.04. The van der Waals surface area contributed by atoms with Crippen LogP contribution in [-0.2, 0) is 17.8 Å². The molecule has 1 amide bonds. The number of aromatic nitrogens is 3. The van der Waals surface area contributed by atoms with Crippen LogP contribution < -0.4 is 14.8 Å². The Balaban J connectivity index is 1.26. The highest BCUT2D eigenvalue weighted by Gasteiger charge is 2.26. The average molecular weight is 485 g/mol. The summed E-state index contributed by atoms with van der Waals surface area (Å²) < 4.78 is 13.1. The number of fused-ring (bicyclic) bond motifs is 1. The van der Waals surface area contributed by atoms with Gasteiger partial charge < -0.3 is 19.4 Å². The van der Waals surface area contributed by atoms with Crippen molar-refractivity contribution in [1.82, 2.24) is 20.1 Å². The highest BCUT2D eigenvalue weighted by atomic mass is 32.2. The zero-order valence-electron chi connectivity index (χ0n) is 18.7. The van der Waals surface area contributed by atoms with Crippen LogP contribution in [0.4, 0.5) is 0 Å². The molecule has 33 heavy (non-hydrogen) atoms. The normalized spacial score (nSPS) is 16.6. The molecular formula is C24H28N4O3S2. The first kappa shape index (κ1) is 22.3. The van der Waals surface area contributed by atoms with Crippen molar-refractivity contribution in [2.45, 2.75) is 68.4 Å². The number of rotatable bonds is 8. The number of carbonyl (C=O) groups is 1. The Kier molecular flexibility index (Phi) is 6.87. The lowest BCUT2D eigenvalue weighted by Gasteiger charge is -2.26. The first-order valence-electron chi connectivity index (χ1n) is 11.5. The van der Waals surface area contributed by atoms with Crippen LogP contribution in [0.3, 0.4) is 0 Å². The number of thioether (sulfide) groups is 1. The summed E-state index contributed by atoms with van der Waals surface area (Å²) in [6.07, 6.45) is 6.84. The summed E-state index contributed by atoms with van der Waals surface area (Å²) in [6, 6.07) is 10.4. The molecule has 3 aromatic rings. The molecule has 1 N–H and O–H groups in total. The second-order valence-electron chi connectivity index (χ2n) is 8.48. The first-order valence-corrected chi connectivity index (χ1v) is 13.2. The second kappa shape index (κ2) is 10.2. The zero-order chi connectivity index (χ0) is 22.6. The van der Waals surface area contributed by atoms with Crippen molar-refractivity contribution in [3.05, 3.63) is 52.0 Å². The van der Waals surface area contributed by atoms with Crippen LogP contribution in [0.1, 0.15) is 61.3 Å². The van der Waals surface area contributed by atoms with E-state index in [4.69, 9.17) is 9.47 Å². The molecular weight excluding hydrogens is 456 g/mol. The molecule has 2 aliphatic rings. The van der Waals surface area contributed by atoms with E-state index in [9.17, 15) is 4.79 Å². The number of nitrogens with one attached hydrogen (secondary N) is 1. The number of amides is 1. The molecule has 5 rings (SSSR count). The van der Waals surface area contributed by atoms with E-state index in [0.29, 0.717) is 12.6 Å². The molecule has 174 valence electrons. The third-order valence-corrected chi connectivity index (χ3v) is 8.08. The Hall–Kier alpha value is -2.52. The van der Waals surface area contributed by atoms with Gasteiger partial charge in [-0.15, -0.1) is 21.5 Å². The summed E-state index contributed by atoms with van der Waals surface area (Å²) in [6.45, 7) is 2.62. The van der Waals surface area contributed by atoms with Gasteiger partial charge in [0.1, 0.15) is 5.82 Å². The number of carbonyl (C=O) groups excluding carboxylic acids is 1. The van der Waals surface area contributed by atoms with E-state index in [2.05, 4.69) is 37.6 Å². The minimum absolute atomic E-state index is 0.0179. The van der Waals surface area contributed by atoms with Crippen molar-refractivity contribution in [3.8, 4) is 11.5 Å². The summed E-state index contributed by atoms with van der Waals surface area (Å²) in [5, 5.41) is 14.8. The van der Waals surface area contributed by atoms with Gasteiger partial charge in [0.15, 0.2) is 16.7 Å². The fraction of sp³-hybridized carbons (Fsp3) is 0.458. The number of benzene rings is 1. The van der Waals surface area contributed by atoms with Gasteiger partial charge in [0, 0.05) is 23.9 Å². The number of hydrogen-bond acceptors (Lipinski definition) is 7. The summed E-state index contributed by atoms with van der Waals surface area (Å²) in [5.41, 5.74) is 0.980. The van der Waals surface area contributed by atoms with Crippen molar-refractivity contribution >= 4 is 29.0 Å². The van der Waals surface area contributed by atoms with Crippen LogP contribution in [0.2, 0.25) is 0 Å². The maximum atomic E-state index is 12.9. The third kappa shape index (κ3) is 5.19. The van der Waals surface area contributed by atoms with E-state index >= 15 is 0 Å². The highest BCUT2D eigenvalue weighted by Crippen LogP contribution is 2.35. The van der Waals surface area contributed by atoms with E-state index in [-0.39, 0.29) is 18.0 Å². The number of ether oxygens (including phenoxy) is 2. The summed E-state index contributed by atoms with van der Waals surface area (Å²) in [5.74, 6) is 2.45. The van der Waals surface area contributed by atoms with Crippen LogP contribution in [0.25, 0.3) is 0 Å². The summed E-state index contributed by atoms with van der Waals surface area (Å²) in [4.78, 5) is 14.1. The van der Waals surface area contributed by atoms with Crippen molar-refractivity contribution in [3.63, 3.8) is 0 Å². The maximum Gasteiger partial charge on any atom is 0.233 e. The second-order valence-corrected chi connectivity index (χ2v) is 10.8. The molecule has 1 atom stereocenters. The standard InChI is InChI=1S/C24H28N4O3S2/c1-16(23(29)25-14-17-9-10-20-21(12-17)31-15-30-20)33-24-27-26-22(13-19-8-5-11-32-19)28(24)18-6-3-2-4-7-18/h5,8-12,16,18H,2-4,6-7,13-15H2,1H3,(H,25,29)/t16-/m1/s1. The molecule has 1 saturated carbocycles. The lowest BCUT2D eigenvalue weighted by Crippen LogP contribution is -2.30. The van der Waals surface area contributed by atoms with E-state index in [0.717, 1.165) is 47.3 Å². The minimum atomic E-state index is -0.278. The largest absolute Gasteiger partial charge is 0.454 e. The molecule has 7 nitrogen and oxygen atoms in total. The Labute approximate surface area is 201 Å². The van der Waals surface area contributed by atoms with E-state index in [1.165, 1.54) is 35.9 Å². The highest BCUT2D eigenvalue weighted by molar-refractivity contribution is 8.00. The molecule has 1 aliphatic carbocycles. The first-order chi connectivity index (χ1) is 16.2. The predicted octanol–water partition coefficient (Wildman–Crippen LogP) is 4.96. The Bertz CT molecular complexity index is 1090. The van der Waals surface area contributed by atoms with Gasteiger partial charge in [0.05, 0.1) is 5.25 Å². The van der Waals surface area contributed by atoms with Gasteiger partial charge in [-0.3, -0.25) is 4.79 Å². The van der Waals surface area contributed by atoms with Gasteiger partial charge in [-0.05, 0) is 48.9 Å². The van der Waals surface area contributed by atoms with Gasteiger partial charge >= 0.3 is 0 Å². The van der Waals surface area contributed by atoms with Gasteiger partial charge in [0.25, 0.3) is 0 Å². The SMILES string of the molecule is C[C@@H](Sc1nnc(Cc2cccs2)n1C1CCCCC1)C(=O)NCc1ccc2c(c1)OCO2. The molecule has 1 aliphatic heterocycles. The van der Waals surface area contributed by atoms with Gasteiger partial charge in [0.2, 0.25) is 12.7 Å². The molecule has 0 spiro atoms. The fourth-order valence-electron chi connectivity index (χ4n) is 4.38. The molecule has 2 aromatic heterocycles. The van der Waals surface area contributed by atoms with Crippen LogP contribution in [0, 0.1) is 0 Å². The van der Waals surface area contributed by atoms with Gasteiger partial charge in [-0.1, -0.05) is 43.2 Å². The molecule has 9 heteroatoms. The van der Waals surface area contributed by atoms with Crippen LogP contribution >= 0.6 is 23.1 Å². The van der Waals surface area contributed by atoms with Crippen LogP contribution in [0.15, 0.2) is 40.9 Å². The van der Waals surface area contributed by atoms with Crippen LogP contribution in [0.5, 0.6) is 11.5 Å². The smallest absolute Gasteiger partial charge is 0.233 e. The van der Waals surface area contributed by atoms with Gasteiger partial charge in [-0.2, -0.15) is 0 Å². The average Bonchev–Trinajstić information content (AvgIpc) is 3.59. The molecule has 1 aromatic carbocycles. The monoisotopic (exact) mass is 484 g/mol. The number of thiophene rings is 1. The summed E-state index contributed by atoms with van der Waals surface area (Å²) in [7, 11) is 0. The van der Waals surface area contributed by atoms with Crippen molar-refractivity contribution in [2.24, 2.45) is 0 Å². The predicted molar refractivity (Wildman–Crippen MR) is 129 cm³/mol. The number of nitrogens with zero attached hydrogens (tertiary/aromatic N) is 3. The zero-order valence-corrected chi connectivity index (χ0v) is 20.3. The van der Waals surface area contributed by atoms with Crippen molar-refractivity contribution < 1.29 is 14.3 Å². The number of hydrogen-bond donors (Lipinski definition) is 1. The Morgan fingerprint density at radius 3 is 2.88 bits per heavy atom. The molecule has 0 radical (unpaired) electrons. The van der Waals surface area contributed by atoms with Crippen LogP contribution in [-0.4, -0.2) is 32.7 Å². The molecule has 0 bridgehead atoms. The van der Waals surface area contributed by atoms with E-state index < -0.39 is 0 Å². The molecule has 1 fully saturated rings. The maximum absolute atomic E-state index is 12.9. The minimum Gasteiger partial charge on any atom is -0.454 e. The quantitative estimate of drug-likeness (QED) is 0.455.